The molecule has 0 bridgehead atoms. The van der Waals surface area contributed by atoms with Crippen LogP contribution in [0.2, 0.25) is 0 Å². The van der Waals surface area contributed by atoms with Crippen LogP contribution in [0, 0.1) is 0 Å². The number of carbonyl (C=O) groups is 1. The van der Waals surface area contributed by atoms with Crippen molar-refractivity contribution in [2.75, 3.05) is 13.7 Å². The Balaban J connectivity index is 1.69. The molecule has 0 saturated heterocycles. The lowest BCUT2D eigenvalue weighted by Crippen LogP contribution is -2.39. The van der Waals surface area contributed by atoms with Crippen molar-refractivity contribution in [3.63, 3.8) is 0 Å². The number of carbonyl (C=O) groups excluding carboxylic acids is 1. The van der Waals surface area contributed by atoms with E-state index in [-0.39, 0.29) is 11.9 Å². The molecule has 6 nitrogen and oxygen atoms in total. The number of pyridine rings is 1. The number of hydrogen-bond donors (Lipinski definition) is 1. The minimum Gasteiger partial charge on any atom is -0.494 e. The van der Waals surface area contributed by atoms with Gasteiger partial charge in [0.1, 0.15) is 11.3 Å². The summed E-state index contributed by atoms with van der Waals surface area (Å²) >= 11 is 0. The van der Waals surface area contributed by atoms with E-state index in [4.69, 9.17) is 4.74 Å². The molecule has 0 spiro atoms. The van der Waals surface area contributed by atoms with Gasteiger partial charge in [0, 0.05) is 24.9 Å². The zero-order valence-electron chi connectivity index (χ0n) is 13.6. The number of nitrogens with zero attached hydrogens (tertiary/aromatic N) is 3. The number of imidazole rings is 1. The second-order valence-electron chi connectivity index (χ2n) is 5.91. The number of aromatic nitrogens is 3. The van der Waals surface area contributed by atoms with E-state index in [1.54, 1.807) is 13.3 Å². The smallest absolute Gasteiger partial charge is 0.290 e. The molecular weight excluding hydrogens is 304 g/mol. The molecule has 1 aliphatic rings. The van der Waals surface area contributed by atoms with Crippen LogP contribution in [0.25, 0.3) is 11.0 Å². The molecule has 4 rings (SSSR count). The van der Waals surface area contributed by atoms with Gasteiger partial charge in [-0.15, -0.1) is 0 Å². The summed E-state index contributed by atoms with van der Waals surface area (Å²) in [6.45, 7) is 2.67. The number of amides is 1. The third-order valence-corrected chi connectivity index (χ3v) is 4.59. The van der Waals surface area contributed by atoms with E-state index < -0.39 is 0 Å². The van der Waals surface area contributed by atoms with Crippen LogP contribution in [0.3, 0.4) is 0 Å². The van der Waals surface area contributed by atoms with Crippen LogP contribution in [-0.4, -0.2) is 39.4 Å². The summed E-state index contributed by atoms with van der Waals surface area (Å²) in [5.74, 6) is 0.896. The number of aromatic amines is 1. The number of rotatable bonds is 2. The van der Waals surface area contributed by atoms with E-state index in [0.717, 1.165) is 23.2 Å². The fraction of sp³-hybridized carbons (Fsp3) is 0.278. The standard InChI is InChI=1S/C18H18N4O2/c1-11-12-5-4-9-19-13(12)8-10-22(11)18(23)17-20-14-6-3-7-15(24-2)16(14)21-17/h3-7,9,11H,8,10H2,1-2H3,(H,20,21)/t11-/m1/s1. The van der Waals surface area contributed by atoms with Crippen molar-refractivity contribution in [2.24, 2.45) is 0 Å². The van der Waals surface area contributed by atoms with Gasteiger partial charge in [0.05, 0.1) is 18.7 Å². The van der Waals surface area contributed by atoms with Gasteiger partial charge < -0.3 is 14.6 Å². The summed E-state index contributed by atoms with van der Waals surface area (Å²) in [5.41, 5.74) is 3.64. The Bertz CT molecular complexity index is 918. The Labute approximate surface area is 139 Å². The summed E-state index contributed by atoms with van der Waals surface area (Å²) in [5, 5.41) is 0. The highest BCUT2D eigenvalue weighted by Crippen LogP contribution is 2.30. The molecule has 1 aromatic carbocycles. The third-order valence-electron chi connectivity index (χ3n) is 4.59. The molecule has 0 fully saturated rings. The first-order chi connectivity index (χ1) is 11.7. The van der Waals surface area contributed by atoms with Crippen molar-refractivity contribution in [3.05, 3.63) is 53.6 Å². The zero-order chi connectivity index (χ0) is 16.7. The summed E-state index contributed by atoms with van der Waals surface area (Å²) in [7, 11) is 1.60. The highest BCUT2D eigenvalue weighted by atomic mass is 16.5. The van der Waals surface area contributed by atoms with Crippen LogP contribution in [0.5, 0.6) is 5.75 Å². The summed E-state index contributed by atoms with van der Waals surface area (Å²) in [4.78, 5) is 26.8. The van der Waals surface area contributed by atoms with Gasteiger partial charge >= 0.3 is 0 Å². The Hall–Kier alpha value is -2.89. The molecular formula is C18H18N4O2. The van der Waals surface area contributed by atoms with Gasteiger partial charge in [-0.2, -0.15) is 0 Å². The molecule has 1 amide bonds. The predicted octanol–water partition coefficient (Wildman–Crippen LogP) is 2.73. The van der Waals surface area contributed by atoms with E-state index in [0.29, 0.717) is 23.6 Å². The Morgan fingerprint density at radius 1 is 1.33 bits per heavy atom. The number of para-hydroxylation sites is 1. The van der Waals surface area contributed by atoms with E-state index in [1.807, 2.05) is 42.2 Å². The molecule has 0 saturated carbocycles. The van der Waals surface area contributed by atoms with Crippen LogP contribution in [0.1, 0.15) is 34.8 Å². The van der Waals surface area contributed by atoms with Crippen LogP contribution in [0.15, 0.2) is 36.5 Å². The van der Waals surface area contributed by atoms with Gasteiger partial charge in [-0.05, 0) is 30.7 Å². The molecule has 1 N–H and O–H groups in total. The van der Waals surface area contributed by atoms with Crippen LogP contribution >= 0.6 is 0 Å². The Kier molecular flexibility index (Phi) is 3.45. The molecule has 2 aromatic heterocycles. The molecule has 1 atom stereocenters. The predicted molar refractivity (Wildman–Crippen MR) is 90.0 cm³/mol. The minimum absolute atomic E-state index is 0.0231. The van der Waals surface area contributed by atoms with Crippen molar-refractivity contribution >= 4 is 16.9 Å². The molecule has 6 heteroatoms. The minimum atomic E-state index is -0.102. The van der Waals surface area contributed by atoms with Gasteiger partial charge in [-0.1, -0.05) is 12.1 Å². The molecule has 0 unspecified atom stereocenters. The molecule has 1 aliphatic heterocycles. The maximum absolute atomic E-state index is 13.0. The van der Waals surface area contributed by atoms with E-state index in [1.165, 1.54) is 0 Å². The maximum Gasteiger partial charge on any atom is 0.290 e. The lowest BCUT2D eigenvalue weighted by Gasteiger charge is -2.34. The maximum atomic E-state index is 13.0. The average molecular weight is 322 g/mol. The number of fused-ring (bicyclic) bond motifs is 2. The number of nitrogens with one attached hydrogen (secondary N) is 1. The van der Waals surface area contributed by atoms with Crippen molar-refractivity contribution in [2.45, 2.75) is 19.4 Å². The van der Waals surface area contributed by atoms with Crippen molar-refractivity contribution in [1.29, 1.82) is 0 Å². The summed E-state index contributed by atoms with van der Waals surface area (Å²) in [6.07, 6.45) is 2.56. The average Bonchev–Trinajstić information content (AvgIpc) is 3.06. The Morgan fingerprint density at radius 2 is 2.21 bits per heavy atom. The van der Waals surface area contributed by atoms with E-state index >= 15 is 0 Å². The van der Waals surface area contributed by atoms with E-state index in [9.17, 15) is 4.79 Å². The number of ether oxygens (including phenoxy) is 1. The molecule has 24 heavy (non-hydrogen) atoms. The highest BCUT2D eigenvalue weighted by molar-refractivity contribution is 5.95. The second kappa shape index (κ2) is 5.63. The first kappa shape index (κ1) is 14.7. The van der Waals surface area contributed by atoms with Gasteiger partial charge in [0.15, 0.2) is 5.82 Å². The number of methoxy groups -OCH3 is 1. The van der Waals surface area contributed by atoms with Crippen molar-refractivity contribution in [3.8, 4) is 5.75 Å². The molecule has 122 valence electrons. The lowest BCUT2D eigenvalue weighted by molar-refractivity contribution is 0.0665. The monoisotopic (exact) mass is 322 g/mol. The normalized spacial score (nSPS) is 16.9. The van der Waals surface area contributed by atoms with Crippen LogP contribution in [-0.2, 0) is 6.42 Å². The largest absolute Gasteiger partial charge is 0.494 e. The zero-order valence-corrected chi connectivity index (χ0v) is 13.6. The lowest BCUT2D eigenvalue weighted by atomic mass is 9.98. The van der Waals surface area contributed by atoms with Crippen molar-refractivity contribution in [1.82, 2.24) is 19.9 Å². The topological polar surface area (TPSA) is 71.1 Å². The molecule has 3 aromatic rings. The van der Waals surface area contributed by atoms with Crippen LogP contribution < -0.4 is 4.74 Å². The SMILES string of the molecule is COc1cccc2[nH]c(C(=O)N3CCc4ncccc4[C@H]3C)nc12. The van der Waals surface area contributed by atoms with Gasteiger partial charge in [0.2, 0.25) is 0 Å². The number of hydrogen-bond acceptors (Lipinski definition) is 4. The quantitative estimate of drug-likeness (QED) is 0.787. The fourth-order valence-electron chi connectivity index (χ4n) is 3.31. The van der Waals surface area contributed by atoms with Crippen LogP contribution in [0.4, 0.5) is 0 Å². The number of H-pyrrole nitrogens is 1. The van der Waals surface area contributed by atoms with Gasteiger partial charge in [-0.3, -0.25) is 9.78 Å². The molecule has 0 radical (unpaired) electrons. The second-order valence-corrected chi connectivity index (χ2v) is 5.91. The van der Waals surface area contributed by atoms with Gasteiger partial charge in [0.25, 0.3) is 5.91 Å². The number of benzene rings is 1. The molecule has 0 aliphatic carbocycles. The Morgan fingerprint density at radius 3 is 3.04 bits per heavy atom. The first-order valence-corrected chi connectivity index (χ1v) is 7.96. The fourth-order valence-corrected chi connectivity index (χ4v) is 3.31. The summed E-state index contributed by atoms with van der Waals surface area (Å²) < 4.78 is 5.32. The third kappa shape index (κ3) is 2.22. The molecule has 3 heterocycles. The van der Waals surface area contributed by atoms with E-state index in [2.05, 4.69) is 15.0 Å². The van der Waals surface area contributed by atoms with Gasteiger partial charge in [-0.25, -0.2) is 4.98 Å². The van der Waals surface area contributed by atoms with Crippen molar-refractivity contribution < 1.29 is 9.53 Å². The highest BCUT2D eigenvalue weighted by Gasteiger charge is 2.30. The summed E-state index contributed by atoms with van der Waals surface area (Å²) in [6, 6.07) is 9.52. The first-order valence-electron chi connectivity index (χ1n) is 7.96.